The summed E-state index contributed by atoms with van der Waals surface area (Å²) >= 11 is 16.8. The highest BCUT2D eigenvalue weighted by atomic mass is 35.5. The maximum atomic E-state index is 13.0. The predicted molar refractivity (Wildman–Crippen MR) is 107 cm³/mol. The van der Waals surface area contributed by atoms with Crippen molar-refractivity contribution in [1.82, 2.24) is 0 Å². The highest BCUT2D eigenvalue weighted by molar-refractivity contribution is 7.90. The first-order valence-corrected chi connectivity index (χ1v) is 10.4. The van der Waals surface area contributed by atoms with Gasteiger partial charge in [-0.2, -0.15) is 21.6 Å². The number of ether oxygens (including phenoxy) is 2. The largest absolute Gasteiger partial charge is 0.480 e. The van der Waals surface area contributed by atoms with Crippen LogP contribution in [0.5, 0.6) is 5.75 Å². The van der Waals surface area contributed by atoms with E-state index in [2.05, 4.69) is 4.40 Å². The van der Waals surface area contributed by atoms with E-state index in [4.69, 9.17) is 44.3 Å². The fraction of sp³-hybridized carbons (Fsp3) is 0.188. The van der Waals surface area contributed by atoms with Gasteiger partial charge in [-0.25, -0.2) is 0 Å². The van der Waals surface area contributed by atoms with Crippen molar-refractivity contribution in [3.8, 4) is 5.75 Å². The average molecular weight is 522 g/mol. The van der Waals surface area contributed by atoms with Gasteiger partial charge in [0.1, 0.15) is 10.8 Å². The number of nitrogens with zero attached hydrogens (tertiary/aromatic N) is 2. The molecule has 0 radical (unpaired) electrons. The Kier molecular flexibility index (Phi) is 7.63. The predicted octanol–water partition coefficient (Wildman–Crippen LogP) is 5.03. The Bertz CT molecular complexity index is 1130. The van der Waals surface area contributed by atoms with E-state index in [-0.39, 0.29) is 5.56 Å². The lowest BCUT2D eigenvalue weighted by Crippen LogP contribution is -2.35. The minimum atomic E-state index is -5.09. The number of nitro groups is 1. The molecule has 1 unspecified atom stereocenters. The van der Waals surface area contributed by atoms with E-state index in [0.29, 0.717) is 6.07 Å². The summed E-state index contributed by atoms with van der Waals surface area (Å²) in [4.78, 5) is 9.98. The molecular weight excluding hydrogens is 512 g/mol. The van der Waals surface area contributed by atoms with Crippen molar-refractivity contribution in [2.24, 2.45) is 4.40 Å². The van der Waals surface area contributed by atoms with E-state index in [9.17, 15) is 31.7 Å². The van der Waals surface area contributed by atoms with E-state index < -0.39 is 59.0 Å². The molecule has 0 aromatic heterocycles. The van der Waals surface area contributed by atoms with Gasteiger partial charge in [0.2, 0.25) is 5.90 Å². The molecule has 1 atom stereocenters. The van der Waals surface area contributed by atoms with Crippen LogP contribution in [-0.4, -0.2) is 31.9 Å². The van der Waals surface area contributed by atoms with Crippen molar-refractivity contribution in [3.63, 3.8) is 0 Å². The van der Waals surface area contributed by atoms with Crippen molar-refractivity contribution in [2.75, 3.05) is 7.11 Å². The summed E-state index contributed by atoms with van der Waals surface area (Å²) in [7, 11) is -4.01. The molecule has 0 saturated heterocycles. The first-order chi connectivity index (χ1) is 14.3. The zero-order valence-electron chi connectivity index (χ0n) is 15.1. The second-order valence-electron chi connectivity index (χ2n) is 5.55. The van der Waals surface area contributed by atoms with E-state index in [1.54, 1.807) is 6.07 Å². The molecule has 31 heavy (non-hydrogen) atoms. The number of hydrogen-bond donors (Lipinski definition) is 0. The molecule has 0 spiro atoms. The van der Waals surface area contributed by atoms with Gasteiger partial charge in [-0.1, -0.05) is 53.0 Å². The Morgan fingerprint density at radius 2 is 1.74 bits per heavy atom. The van der Waals surface area contributed by atoms with Gasteiger partial charge in [0.25, 0.3) is 0 Å². The molecule has 2 rings (SSSR count). The maximum absolute atomic E-state index is 13.0. The smallest absolute Gasteiger partial charge is 0.476 e. The van der Waals surface area contributed by atoms with Crippen LogP contribution < -0.4 is 4.74 Å². The first-order valence-electron chi connectivity index (χ1n) is 7.77. The zero-order valence-corrected chi connectivity index (χ0v) is 18.1. The Labute approximate surface area is 188 Å². The molecule has 168 valence electrons. The van der Waals surface area contributed by atoms with Crippen LogP contribution in [0, 0.1) is 10.1 Å². The van der Waals surface area contributed by atoms with E-state index in [0.717, 1.165) is 7.11 Å². The lowest BCUT2D eigenvalue weighted by molar-refractivity contribution is -0.534. The molecule has 0 saturated carbocycles. The van der Waals surface area contributed by atoms with Crippen molar-refractivity contribution < 1.29 is 36.0 Å². The summed E-state index contributed by atoms with van der Waals surface area (Å²) in [5, 5.41) is 8.30. The lowest BCUT2D eigenvalue weighted by Gasteiger charge is -2.16. The third kappa shape index (κ3) is 5.70. The monoisotopic (exact) mass is 520 g/mol. The molecule has 0 aliphatic heterocycles. The average Bonchev–Trinajstić information content (AvgIpc) is 2.67. The topological polar surface area (TPSA) is 108 Å². The molecule has 0 heterocycles. The number of sulfonamides is 1. The van der Waals surface area contributed by atoms with Gasteiger partial charge in [0, 0.05) is 11.6 Å². The summed E-state index contributed by atoms with van der Waals surface area (Å²) < 4.78 is 77.0. The standard InChI is InChI=1S/C16H10Cl3F3N2O6S/c1-29-14(8-5-3-2-4-6-8)23-31(27,28)15(24(25)26)30-10-7-9(17)11(16(20,21)22)13(19)12(10)18/h2-7,15H,1H3/b23-14-. The second kappa shape index (κ2) is 9.47. The number of hydrogen-bond acceptors (Lipinski definition) is 6. The van der Waals surface area contributed by atoms with Crippen LogP contribution in [0.3, 0.4) is 0 Å². The summed E-state index contributed by atoms with van der Waals surface area (Å²) in [5.74, 6) is -1.37. The minimum absolute atomic E-state index is 0.175. The molecular formula is C16H10Cl3F3N2O6S. The van der Waals surface area contributed by atoms with Crippen LogP contribution in [0.2, 0.25) is 15.1 Å². The van der Waals surface area contributed by atoms with Gasteiger partial charge in [-0.3, -0.25) is 10.1 Å². The molecule has 0 N–H and O–H groups in total. The van der Waals surface area contributed by atoms with Gasteiger partial charge in [0.15, 0.2) is 0 Å². The lowest BCUT2D eigenvalue weighted by atomic mass is 10.2. The normalized spacial score (nSPS) is 13.6. The Morgan fingerprint density at radius 1 is 1.16 bits per heavy atom. The highest BCUT2D eigenvalue weighted by Crippen LogP contribution is 2.46. The Balaban J connectivity index is 2.53. The number of alkyl halides is 3. The van der Waals surface area contributed by atoms with E-state index in [1.165, 1.54) is 24.3 Å². The summed E-state index contributed by atoms with van der Waals surface area (Å²) in [6.07, 6.45) is -5.00. The van der Waals surface area contributed by atoms with Gasteiger partial charge in [-0.15, -0.1) is 4.40 Å². The van der Waals surface area contributed by atoms with Crippen LogP contribution >= 0.6 is 34.8 Å². The Morgan fingerprint density at radius 3 is 2.23 bits per heavy atom. The number of halogens is 6. The molecule has 0 aliphatic rings. The summed E-state index contributed by atoms with van der Waals surface area (Å²) in [6, 6.07) is 7.99. The van der Waals surface area contributed by atoms with Crippen molar-refractivity contribution in [1.29, 1.82) is 0 Å². The van der Waals surface area contributed by atoms with Crippen LogP contribution in [0.15, 0.2) is 40.8 Å². The fourth-order valence-corrected chi connectivity index (χ4v) is 3.98. The van der Waals surface area contributed by atoms with E-state index >= 15 is 0 Å². The van der Waals surface area contributed by atoms with Crippen LogP contribution in [0.1, 0.15) is 11.1 Å². The van der Waals surface area contributed by atoms with Crippen LogP contribution in [0.25, 0.3) is 0 Å². The third-order valence-electron chi connectivity index (χ3n) is 3.49. The highest BCUT2D eigenvalue weighted by Gasteiger charge is 2.42. The molecule has 15 heteroatoms. The zero-order chi connectivity index (χ0) is 23.6. The number of rotatable bonds is 6. The van der Waals surface area contributed by atoms with Crippen molar-refractivity contribution in [2.45, 2.75) is 11.7 Å². The molecule has 2 aromatic carbocycles. The number of methoxy groups -OCH3 is 1. The van der Waals surface area contributed by atoms with Gasteiger partial charge in [-0.05, 0) is 12.1 Å². The van der Waals surface area contributed by atoms with Gasteiger partial charge < -0.3 is 9.47 Å². The molecule has 0 fully saturated rings. The van der Waals surface area contributed by atoms with Crippen molar-refractivity contribution >= 4 is 50.7 Å². The van der Waals surface area contributed by atoms with Crippen LogP contribution in [-0.2, 0) is 20.9 Å². The first kappa shape index (κ1) is 25.0. The van der Waals surface area contributed by atoms with Gasteiger partial charge >= 0.3 is 21.8 Å². The fourth-order valence-electron chi connectivity index (χ4n) is 2.19. The minimum Gasteiger partial charge on any atom is -0.480 e. The summed E-state index contributed by atoms with van der Waals surface area (Å²) in [6.45, 7) is 0. The second-order valence-corrected chi connectivity index (χ2v) is 8.33. The van der Waals surface area contributed by atoms with E-state index in [1.807, 2.05) is 0 Å². The molecule has 8 nitrogen and oxygen atoms in total. The van der Waals surface area contributed by atoms with Crippen LogP contribution in [0.4, 0.5) is 13.2 Å². The molecule has 0 bridgehead atoms. The summed E-state index contributed by atoms with van der Waals surface area (Å²) in [5.41, 5.74) is -4.24. The molecule has 2 aromatic rings. The SMILES string of the molecule is CO/C(=N\S(=O)(=O)C(Oc1cc(Cl)c(C(F)(F)F)c(Cl)c1Cl)[N+](=O)[O-])c1ccccc1. The quantitative estimate of drug-likeness (QED) is 0.132. The number of benzene rings is 2. The van der Waals surface area contributed by atoms with Crippen molar-refractivity contribution in [3.05, 3.63) is 72.7 Å². The third-order valence-corrected chi connectivity index (χ3v) is 5.83. The molecule has 0 amide bonds. The maximum Gasteiger partial charge on any atom is 0.476 e. The molecule has 0 aliphatic carbocycles. The Hall–Kier alpha value is -2.28. The van der Waals surface area contributed by atoms with Gasteiger partial charge in [0.05, 0.1) is 27.6 Å².